The van der Waals surface area contributed by atoms with E-state index in [-0.39, 0.29) is 12.2 Å². The predicted octanol–water partition coefficient (Wildman–Crippen LogP) is 1.79. The van der Waals surface area contributed by atoms with Crippen molar-refractivity contribution in [1.82, 2.24) is 24.1 Å². The molecule has 1 aliphatic rings. The Morgan fingerprint density at radius 1 is 1.03 bits per heavy atom. The van der Waals surface area contributed by atoms with Crippen LogP contribution in [-0.2, 0) is 6.54 Å². The van der Waals surface area contributed by atoms with Crippen molar-refractivity contribution < 1.29 is 4.79 Å². The highest BCUT2D eigenvalue weighted by molar-refractivity contribution is 6.30. The van der Waals surface area contributed by atoms with Gasteiger partial charge in [-0.15, -0.1) is 0 Å². The number of carbonyl (C=O) groups is 1. The molecule has 1 saturated heterocycles. The van der Waals surface area contributed by atoms with Crippen molar-refractivity contribution in [2.45, 2.75) is 13.5 Å². The number of benzene rings is 2. The van der Waals surface area contributed by atoms with Gasteiger partial charge < -0.3 is 9.80 Å². The van der Waals surface area contributed by atoms with Gasteiger partial charge in [0.05, 0.1) is 12.2 Å². The van der Waals surface area contributed by atoms with Crippen LogP contribution in [0.15, 0.2) is 58.1 Å². The molecule has 3 aromatic rings. The number of aryl methyl sites for hydroxylation is 1. The van der Waals surface area contributed by atoms with Crippen molar-refractivity contribution in [3.05, 3.63) is 91.2 Å². The summed E-state index contributed by atoms with van der Waals surface area (Å²) in [6.07, 6.45) is 0. The van der Waals surface area contributed by atoms with Crippen LogP contribution >= 0.6 is 11.6 Å². The van der Waals surface area contributed by atoms with Crippen LogP contribution in [-0.4, -0.2) is 63.3 Å². The fraction of sp³-hybridized carbons (Fsp3) is 0.304. The van der Waals surface area contributed by atoms with E-state index in [2.05, 4.69) is 10.00 Å². The zero-order valence-electron chi connectivity index (χ0n) is 18.0. The van der Waals surface area contributed by atoms with Crippen molar-refractivity contribution in [3.63, 3.8) is 0 Å². The molecule has 0 aliphatic carbocycles. The Hall–Kier alpha value is -3.23. The molecule has 0 unspecified atom stereocenters. The number of piperazine rings is 1. The van der Waals surface area contributed by atoms with Crippen molar-refractivity contribution in [2.24, 2.45) is 0 Å². The van der Waals surface area contributed by atoms with Crippen LogP contribution in [0.3, 0.4) is 0 Å². The summed E-state index contributed by atoms with van der Waals surface area (Å²) in [6.45, 7) is 4.32. The Bertz CT molecular complexity index is 1260. The second-order valence-corrected chi connectivity index (χ2v) is 8.43. The van der Waals surface area contributed by atoms with Crippen LogP contribution < -0.4 is 11.2 Å². The third-order valence-electron chi connectivity index (χ3n) is 5.56. The fourth-order valence-corrected chi connectivity index (χ4v) is 3.83. The number of aromatic nitrogens is 3. The van der Waals surface area contributed by atoms with Gasteiger partial charge in [0.25, 0.3) is 11.5 Å². The van der Waals surface area contributed by atoms with Crippen molar-refractivity contribution in [2.75, 3.05) is 33.2 Å². The fourth-order valence-electron chi connectivity index (χ4n) is 3.62. The van der Waals surface area contributed by atoms with E-state index >= 15 is 0 Å². The summed E-state index contributed by atoms with van der Waals surface area (Å²) >= 11 is 6.08. The Morgan fingerprint density at radius 3 is 2.38 bits per heavy atom. The summed E-state index contributed by atoms with van der Waals surface area (Å²) in [5, 5.41) is 4.72. The van der Waals surface area contributed by atoms with Crippen LogP contribution in [0.5, 0.6) is 0 Å². The van der Waals surface area contributed by atoms with Crippen molar-refractivity contribution in [3.8, 4) is 5.69 Å². The summed E-state index contributed by atoms with van der Waals surface area (Å²) < 4.78 is 2.16. The SMILES string of the molecule is Cc1ccc(-n2nc(C(=O)N3CCN(C)CC3)c(=O)n(Cc3cccc(Cl)c3)c2=O)cc1. The molecule has 1 aromatic heterocycles. The Kier molecular flexibility index (Phi) is 6.25. The van der Waals surface area contributed by atoms with Crippen LogP contribution in [0.1, 0.15) is 21.6 Å². The van der Waals surface area contributed by atoms with E-state index in [1.807, 2.05) is 26.1 Å². The number of likely N-dealkylation sites (N-methyl/N-ethyl adjacent to an activating group) is 1. The molecule has 0 atom stereocenters. The second kappa shape index (κ2) is 9.10. The third kappa shape index (κ3) is 4.51. The normalized spacial score (nSPS) is 14.5. The molecule has 166 valence electrons. The molecule has 9 heteroatoms. The van der Waals surface area contributed by atoms with Crippen molar-refractivity contribution >= 4 is 17.5 Å². The molecule has 1 amide bonds. The maximum absolute atomic E-state index is 13.3. The number of hydrogen-bond donors (Lipinski definition) is 0. The predicted molar refractivity (Wildman–Crippen MR) is 123 cm³/mol. The van der Waals surface area contributed by atoms with Gasteiger partial charge in [0.2, 0.25) is 5.69 Å². The molecule has 8 nitrogen and oxygen atoms in total. The van der Waals surface area contributed by atoms with Gasteiger partial charge in [0.1, 0.15) is 0 Å². The highest BCUT2D eigenvalue weighted by Gasteiger charge is 2.27. The van der Waals surface area contributed by atoms with Gasteiger partial charge in [0, 0.05) is 31.2 Å². The number of rotatable bonds is 4. The molecule has 4 rings (SSSR count). The lowest BCUT2D eigenvalue weighted by molar-refractivity contribution is 0.0652. The van der Waals surface area contributed by atoms with E-state index in [4.69, 9.17) is 11.6 Å². The first kappa shape index (κ1) is 22.0. The molecular formula is C23H24ClN5O3. The van der Waals surface area contributed by atoms with Gasteiger partial charge in [-0.3, -0.25) is 14.2 Å². The van der Waals surface area contributed by atoms with Crippen LogP contribution in [0.4, 0.5) is 0 Å². The number of hydrogen-bond acceptors (Lipinski definition) is 5. The Morgan fingerprint density at radius 2 is 1.72 bits per heavy atom. The van der Waals surface area contributed by atoms with Crippen LogP contribution in [0, 0.1) is 6.92 Å². The lowest BCUT2D eigenvalue weighted by Gasteiger charge is -2.32. The molecule has 0 N–H and O–H groups in total. The van der Waals surface area contributed by atoms with Crippen molar-refractivity contribution in [1.29, 1.82) is 0 Å². The number of carbonyl (C=O) groups excluding carboxylic acids is 1. The highest BCUT2D eigenvalue weighted by atomic mass is 35.5. The first-order valence-corrected chi connectivity index (χ1v) is 10.7. The van der Waals surface area contributed by atoms with E-state index in [0.717, 1.165) is 14.8 Å². The standard InChI is InChI=1S/C23H24ClN5O3/c1-16-6-8-19(9-7-16)29-23(32)28(15-17-4-3-5-18(24)14-17)22(31)20(25-29)21(30)27-12-10-26(2)11-13-27/h3-9,14H,10-13,15H2,1-2H3. The molecule has 0 spiro atoms. The van der Waals surface area contributed by atoms with E-state index in [0.29, 0.717) is 42.5 Å². The first-order valence-electron chi connectivity index (χ1n) is 10.4. The van der Waals surface area contributed by atoms with Gasteiger partial charge in [0.15, 0.2) is 0 Å². The lowest BCUT2D eigenvalue weighted by Crippen LogP contribution is -2.51. The molecule has 1 aliphatic heterocycles. The smallest absolute Gasteiger partial charge is 0.335 e. The molecule has 0 saturated carbocycles. The van der Waals surface area contributed by atoms with Gasteiger partial charge in [-0.05, 0) is 43.8 Å². The molecule has 32 heavy (non-hydrogen) atoms. The van der Waals surface area contributed by atoms with E-state index in [1.54, 1.807) is 41.3 Å². The maximum Gasteiger partial charge on any atom is 0.352 e. The Balaban J connectivity index is 1.84. The average Bonchev–Trinajstić information content (AvgIpc) is 2.78. The number of amides is 1. The summed E-state index contributed by atoms with van der Waals surface area (Å²) in [4.78, 5) is 43.5. The minimum Gasteiger partial charge on any atom is -0.335 e. The van der Waals surface area contributed by atoms with Gasteiger partial charge in [-0.25, -0.2) is 4.79 Å². The third-order valence-corrected chi connectivity index (χ3v) is 5.80. The number of halogens is 1. The number of nitrogens with zero attached hydrogens (tertiary/aromatic N) is 5. The van der Waals surface area contributed by atoms with E-state index in [1.165, 1.54) is 0 Å². The minimum absolute atomic E-state index is 0.0182. The molecule has 1 fully saturated rings. The highest BCUT2D eigenvalue weighted by Crippen LogP contribution is 2.12. The molecule has 2 aromatic carbocycles. The molecule has 0 radical (unpaired) electrons. The molecule has 2 heterocycles. The monoisotopic (exact) mass is 453 g/mol. The Labute approximate surface area is 190 Å². The zero-order chi connectivity index (χ0) is 22.8. The first-order chi connectivity index (χ1) is 15.3. The van der Waals surface area contributed by atoms with E-state index in [9.17, 15) is 14.4 Å². The summed E-state index contributed by atoms with van der Waals surface area (Å²) in [5.41, 5.74) is 0.583. The minimum atomic E-state index is -0.706. The quantitative estimate of drug-likeness (QED) is 0.601. The summed E-state index contributed by atoms with van der Waals surface area (Å²) in [5.74, 6) is -0.469. The maximum atomic E-state index is 13.3. The average molecular weight is 454 g/mol. The lowest BCUT2D eigenvalue weighted by atomic mass is 10.2. The summed E-state index contributed by atoms with van der Waals surface area (Å²) in [7, 11) is 1.98. The van der Waals surface area contributed by atoms with Gasteiger partial charge >= 0.3 is 5.69 Å². The van der Waals surface area contributed by atoms with Crippen LogP contribution in [0.25, 0.3) is 5.69 Å². The second-order valence-electron chi connectivity index (χ2n) is 8.00. The zero-order valence-corrected chi connectivity index (χ0v) is 18.7. The largest absolute Gasteiger partial charge is 0.352 e. The molecule has 0 bridgehead atoms. The summed E-state index contributed by atoms with van der Waals surface area (Å²) in [6, 6.07) is 14.1. The van der Waals surface area contributed by atoms with Crippen LogP contribution in [0.2, 0.25) is 5.02 Å². The van der Waals surface area contributed by atoms with Gasteiger partial charge in [-0.2, -0.15) is 9.78 Å². The molecular weight excluding hydrogens is 430 g/mol. The van der Waals surface area contributed by atoms with E-state index < -0.39 is 17.2 Å². The van der Waals surface area contributed by atoms with Gasteiger partial charge in [-0.1, -0.05) is 41.4 Å². The topological polar surface area (TPSA) is 80.4 Å².